The van der Waals surface area contributed by atoms with Gasteiger partial charge in [-0.2, -0.15) is 11.8 Å². The molecule has 0 rings (SSSR count). The minimum Gasteiger partial charge on any atom is -0.393 e. The summed E-state index contributed by atoms with van der Waals surface area (Å²) in [5.41, 5.74) is -0.0890. The van der Waals surface area contributed by atoms with E-state index in [1.54, 1.807) is 18.7 Å². The fourth-order valence-corrected chi connectivity index (χ4v) is 2.34. The molecule has 0 radical (unpaired) electrons. The van der Waals surface area contributed by atoms with Gasteiger partial charge in [0.1, 0.15) is 0 Å². The molecular formula is C12H26N2O2S. The summed E-state index contributed by atoms with van der Waals surface area (Å²) in [7, 11) is 0. The van der Waals surface area contributed by atoms with E-state index < -0.39 is 0 Å². The van der Waals surface area contributed by atoms with Crippen molar-refractivity contribution in [2.45, 2.75) is 46.3 Å². The molecule has 0 saturated heterocycles. The average Bonchev–Trinajstić information content (AvgIpc) is 2.13. The average molecular weight is 262 g/mol. The largest absolute Gasteiger partial charge is 0.393 e. The monoisotopic (exact) mass is 262 g/mol. The zero-order valence-corrected chi connectivity index (χ0v) is 12.4. The molecule has 102 valence electrons. The molecule has 0 aliphatic rings. The first-order chi connectivity index (χ1) is 7.76. The second kappa shape index (κ2) is 7.82. The Bertz CT molecular complexity index is 233. The summed E-state index contributed by atoms with van der Waals surface area (Å²) >= 11 is 1.71. The van der Waals surface area contributed by atoms with E-state index in [-0.39, 0.29) is 23.6 Å². The fourth-order valence-electron chi connectivity index (χ4n) is 1.76. The van der Waals surface area contributed by atoms with Crippen LogP contribution in [0.25, 0.3) is 0 Å². The van der Waals surface area contributed by atoms with Crippen LogP contribution in [0.2, 0.25) is 0 Å². The summed E-state index contributed by atoms with van der Waals surface area (Å²) < 4.78 is 0. The van der Waals surface area contributed by atoms with Gasteiger partial charge in [0.15, 0.2) is 0 Å². The topological polar surface area (TPSA) is 61.4 Å². The van der Waals surface area contributed by atoms with Crippen LogP contribution >= 0.6 is 11.8 Å². The quantitative estimate of drug-likeness (QED) is 0.656. The van der Waals surface area contributed by atoms with Crippen molar-refractivity contribution in [3.63, 3.8) is 0 Å². The van der Waals surface area contributed by atoms with E-state index in [2.05, 4.69) is 10.6 Å². The van der Waals surface area contributed by atoms with Crippen molar-refractivity contribution in [2.24, 2.45) is 5.41 Å². The number of carbonyl (C=O) groups is 1. The predicted octanol–water partition coefficient (Wildman–Crippen LogP) is 1.83. The number of amides is 2. The third-order valence-electron chi connectivity index (χ3n) is 2.37. The summed E-state index contributed by atoms with van der Waals surface area (Å²) in [6.07, 6.45) is 2.35. The van der Waals surface area contributed by atoms with E-state index in [9.17, 15) is 9.90 Å². The Balaban J connectivity index is 3.90. The van der Waals surface area contributed by atoms with Crippen LogP contribution < -0.4 is 10.6 Å². The molecule has 17 heavy (non-hydrogen) atoms. The van der Waals surface area contributed by atoms with E-state index in [0.29, 0.717) is 13.0 Å². The van der Waals surface area contributed by atoms with Crippen LogP contribution in [0.4, 0.5) is 4.79 Å². The van der Waals surface area contributed by atoms with E-state index in [1.807, 2.05) is 27.0 Å². The van der Waals surface area contributed by atoms with Crippen molar-refractivity contribution in [1.82, 2.24) is 10.6 Å². The van der Waals surface area contributed by atoms with Gasteiger partial charge in [0.05, 0.1) is 6.10 Å². The van der Waals surface area contributed by atoms with Gasteiger partial charge in [0.2, 0.25) is 0 Å². The molecule has 0 aromatic carbocycles. The maximum Gasteiger partial charge on any atom is 0.315 e. The number of hydrogen-bond acceptors (Lipinski definition) is 3. The molecule has 0 fully saturated rings. The third-order valence-corrected chi connectivity index (χ3v) is 3.20. The summed E-state index contributed by atoms with van der Waals surface area (Å²) in [4.78, 5) is 11.6. The highest BCUT2D eigenvalue weighted by Crippen LogP contribution is 2.20. The van der Waals surface area contributed by atoms with Gasteiger partial charge in [-0.05, 0) is 31.9 Å². The van der Waals surface area contributed by atoms with Gasteiger partial charge >= 0.3 is 6.03 Å². The molecule has 2 unspecified atom stereocenters. The van der Waals surface area contributed by atoms with Gasteiger partial charge in [-0.3, -0.25) is 0 Å². The Morgan fingerprint density at radius 2 is 2.00 bits per heavy atom. The van der Waals surface area contributed by atoms with E-state index in [0.717, 1.165) is 5.75 Å². The van der Waals surface area contributed by atoms with Crippen molar-refractivity contribution >= 4 is 17.8 Å². The molecule has 4 nitrogen and oxygen atoms in total. The molecule has 0 spiro atoms. The van der Waals surface area contributed by atoms with Gasteiger partial charge in [-0.1, -0.05) is 13.8 Å². The molecule has 0 aliphatic carbocycles. The number of aliphatic hydroxyl groups is 1. The van der Waals surface area contributed by atoms with Crippen molar-refractivity contribution < 1.29 is 9.90 Å². The number of urea groups is 1. The van der Waals surface area contributed by atoms with Gasteiger partial charge in [0, 0.05) is 18.3 Å². The van der Waals surface area contributed by atoms with Crippen LogP contribution in [0.15, 0.2) is 0 Å². The first-order valence-electron chi connectivity index (χ1n) is 5.98. The summed E-state index contributed by atoms with van der Waals surface area (Å²) in [6.45, 7) is 8.38. The number of nitrogens with one attached hydrogen (secondary N) is 2. The molecule has 0 bridgehead atoms. The lowest BCUT2D eigenvalue weighted by Crippen LogP contribution is -2.45. The van der Waals surface area contributed by atoms with Gasteiger partial charge in [-0.15, -0.1) is 0 Å². The zero-order chi connectivity index (χ0) is 13.5. The van der Waals surface area contributed by atoms with Crippen molar-refractivity contribution in [1.29, 1.82) is 0 Å². The van der Waals surface area contributed by atoms with Crippen molar-refractivity contribution in [2.75, 3.05) is 18.6 Å². The van der Waals surface area contributed by atoms with Crippen LogP contribution in [-0.4, -0.2) is 41.8 Å². The smallest absolute Gasteiger partial charge is 0.315 e. The zero-order valence-electron chi connectivity index (χ0n) is 11.5. The minimum absolute atomic E-state index is 0.0890. The molecule has 5 heteroatoms. The standard InChI is InChI=1S/C12H26N2O2S/c1-9(7-17-5)14-11(16)13-8-12(3,4)6-10(2)15/h9-10,15H,6-8H2,1-5H3,(H2,13,14,16). The van der Waals surface area contributed by atoms with Crippen LogP contribution in [0.3, 0.4) is 0 Å². The number of carbonyl (C=O) groups excluding carboxylic acids is 1. The highest BCUT2D eigenvalue weighted by atomic mass is 32.2. The maximum absolute atomic E-state index is 11.6. The first kappa shape index (κ1) is 16.6. The highest BCUT2D eigenvalue weighted by molar-refractivity contribution is 7.98. The SMILES string of the molecule is CSCC(C)NC(=O)NCC(C)(C)CC(C)O. The normalized spacial score (nSPS) is 15.2. The van der Waals surface area contributed by atoms with Crippen molar-refractivity contribution in [3.8, 4) is 0 Å². The molecule has 3 N–H and O–H groups in total. The maximum atomic E-state index is 11.6. The van der Waals surface area contributed by atoms with Crippen LogP contribution in [0.5, 0.6) is 0 Å². The fraction of sp³-hybridized carbons (Fsp3) is 0.917. The minimum atomic E-state index is -0.342. The van der Waals surface area contributed by atoms with Gasteiger partial charge < -0.3 is 15.7 Å². The van der Waals surface area contributed by atoms with Crippen LogP contribution in [0, 0.1) is 5.41 Å². The summed E-state index contributed by atoms with van der Waals surface area (Å²) in [6, 6.07) is 0.0371. The lowest BCUT2D eigenvalue weighted by Gasteiger charge is -2.26. The molecule has 2 atom stereocenters. The Kier molecular flexibility index (Phi) is 7.63. The molecule has 0 saturated carbocycles. The second-order valence-electron chi connectivity index (χ2n) is 5.40. The molecule has 0 aromatic rings. The Hall–Kier alpha value is -0.420. The first-order valence-corrected chi connectivity index (χ1v) is 7.37. The lowest BCUT2D eigenvalue weighted by molar-refractivity contribution is 0.128. The second-order valence-corrected chi connectivity index (χ2v) is 6.31. The number of aliphatic hydroxyl groups excluding tert-OH is 1. The van der Waals surface area contributed by atoms with Crippen LogP contribution in [0.1, 0.15) is 34.1 Å². The lowest BCUT2D eigenvalue weighted by atomic mass is 9.87. The predicted molar refractivity (Wildman–Crippen MR) is 74.5 cm³/mol. The number of rotatable bonds is 7. The van der Waals surface area contributed by atoms with Gasteiger partial charge in [-0.25, -0.2) is 4.79 Å². The summed E-state index contributed by atoms with van der Waals surface area (Å²) in [5.74, 6) is 0.907. The molecule has 0 aliphatic heterocycles. The van der Waals surface area contributed by atoms with E-state index in [4.69, 9.17) is 0 Å². The molecular weight excluding hydrogens is 236 g/mol. The highest BCUT2D eigenvalue weighted by Gasteiger charge is 2.21. The molecule has 2 amide bonds. The molecule has 0 aromatic heterocycles. The van der Waals surface area contributed by atoms with E-state index in [1.165, 1.54) is 0 Å². The van der Waals surface area contributed by atoms with Crippen LogP contribution in [-0.2, 0) is 0 Å². The van der Waals surface area contributed by atoms with Gasteiger partial charge in [0.25, 0.3) is 0 Å². The summed E-state index contributed by atoms with van der Waals surface area (Å²) in [5, 5.41) is 15.1. The number of hydrogen-bond donors (Lipinski definition) is 3. The Labute approximate surface area is 109 Å². The third kappa shape index (κ3) is 9.30. The van der Waals surface area contributed by atoms with Crippen molar-refractivity contribution in [3.05, 3.63) is 0 Å². The Morgan fingerprint density at radius 3 is 2.47 bits per heavy atom. The number of thioether (sulfide) groups is 1. The van der Waals surface area contributed by atoms with E-state index >= 15 is 0 Å². The Morgan fingerprint density at radius 1 is 1.41 bits per heavy atom. The molecule has 0 heterocycles.